The maximum absolute atomic E-state index is 12.2. The van der Waals surface area contributed by atoms with Gasteiger partial charge in [0.05, 0.1) is 6.61 Å². The van der Waals surface area contributed by atoms with Crippen molar-refractivity contribution in [2.24, 2.45) is 5.92 Å². The number of ether oxygens (including phenoxy) is 1. The van der Waals surface area contributed by atoms with Crippen molar-refractivity contribution in [3.05, 3.63) is 29.3 Å². The Labute approximate surface area is 124 Å². The first-order valence-corrected chi connectivity index (χ1v) is 7.85. The molecule has 3 nitrogen and oxygen atoms in total. The Hall–Kier alpha value is -1.22. The summed E-state index contributed by atoms with van der Waals surface area (Å²) in [6, 6.07) is 5.66. The van der Waals surface area contributed by atoms with Crippen LogP contribution in [0.3, 0.4) is 0 Å². The molecule has 1 aliphatic heterocycles. The summed E-state index contributed by atoms with van der Waals surface area (Å²) in [5.41, 5.74) is 1.85. The lowest BCUT2D eigenvalue weighted by Crippen LogP contribution is -2.34. The van der Waals surface area contributed by atoms with Crippen LogP contribution in [0.4, 0.5) is 0 Å². The molecule has 1 aromatic carbocycles. The SMILES string of the molecule is O=C(NCC1CCCCC1Cl)c1ccc2c(c1)CCO2. The monoisotopic (exact) mass is 293 g/mol. The molecule has 2 atom stereocenters. The van der Waals surface area contributed by atoms with Crippen molar-refractivity contribution >= 4 is 17.5 Å². The zero-order valence-electron chi connectivity index (χ0n) is 11.5. The van der Waals surface area contributed by atoms with E-state index in [2.05, 4.69) is 5.32 Å². The number of alkyl halides is 1. The van der Waals surface area contributed by atoms with Crippen LogP contribution < -0.4 is 10.1 Å². The Bertz CT molecular complexity index is 503. The lowest BCUT2D eigenvalue weighted by molar-refractivity contribution is 0.0944. The standard InChI is InChI=1S/C16H20ClNO2/c17-14-4-2-1-3-13(14)10-18-16(19)12-5-6-15-11(9-12)7-8-20-15/h5-6,9,13-14H,1-4,7-8,10H2,(H,18,19). The molecule has 1 N–H and O–H groups in total. The van der Waals surface area contributed by atoms with E-state index in [0.717, 1.165) is 42.7 Å². The van der Waals surface area contributed by atoms with Gasteiger partial charge >= 0.3 is 0 Å². The van der Waals surface area contributed by atoms with Crippen LogP contribution in [-0.4, -0.2) is 24.4 Å². The van der Waals surface area contributed by atoms with Crippen molar-refractivity contribution in [2.75, 3.05) is 13.2 Å². The van der Waals surface area contributed by atoms with Gasteiger partial charge in [0, 0.05) is 23.9 Å². The number of amides is 1. The van der Waals surface area contributed by atoms with Crippen LogP contribution in [0.2, 0.25) is 0 Å². The van der Waals surface area contributed by atoms with E-state index >= 15 is 0 Å². The predicted octanol–water partition coefficient (Wildman–Crippen LogP) is 3.15. The highest BCUT2D eigenvalue weighted by molar-refractivity contribution is 6.20. The van der Waals surface area contributed by atoms with Crippen molar-refractivity contribution in [3.63, 3.8) is 0 Å². The molecular weight excluding hydrogens is 274 g/mol. The number of rotatable bonds is 3. The van der Waals surface area contributed by atoms with Crippen LogP contribution in [0.15, 0.2) is 18.2 Å². The summed E-state index contributed by atoms with van der Waals surface area (Å²) in [6.45, 7) is 1.40. The van der Waals surface area contributed by atoms with Gasteiger partial charge in [-0.15, -0.1) is 11.6 Å². The summed E-state index contributed by atoms with van der Waals surface area (Å²) in [4.78, 5) is 12.2. The molecule has 0 spiro atoms. The average Bonchev–Trinajstić information content (AvgIpc) is 2.93. The number of halogens is 1. The quantitative estimate of drug-likeness (QED) is 0.870. The number of fused-ring (bicyclic) bond motifs is 1. The fraction of sp³-hybridized carbons (Fsp3) is 0.562. The minimum absolute atomic E-state index is 0.00543. The van der Waals surface area contributed by atoms with Crippen LogP contribution in [-0.2, 0) is 6.42 Å². The Morgan fingerprint density at radius 3 is 3.05 bits per heavy atom. The van der Waals surface area contributed by atoms with Gasteiger partial charge in [0.2, 0.25) is 0 Å². The van der Waals surface area contributed by atoms with Crippen molar-refractivity contribution < 1.29 is 9.53 Å². The van der Waals surface area contributed by atoms with E-state index in [4.69, 9.17) is 16.3 Å². The highest BCUT2D eigenvalue weighted by Crippen LogP contribution is 2.28. The fourth-order valence-electron chi connectivity index (χ4n) is 3.05. The van der Waals surface area contributed by atoms with Crippen molar-refractivity contribution in [2.45, 2.75) is 37.5 Å². The van der Waals surface area contributed by atoms with Gasteiger partial charge in [0.25, 0.3) is 5.91 Å². The lowest BCUT2D eigenvalue weighted by atomic mass is 9.88. The van der Waals surface area contributed by atoms with Gasteiger partial charge in [-0.25, -0.2) is 0 Å². The number of carbonyl (C=O) groups excluding carboxylic acids is 1. The highest BCUT2D eigenvalue weighted by atomic mass is 35.5. The largest absolute Gasteiger partial charge is 0.493 e. The zero-order valence-corrected chi connectivity index (χ0v) is 12.3. The first kappa shape index (κ1) is 13.7. The molecule has 3 rings (SSSR count). The van der Waals surface area contributed by atoms with E-state index in [0.29, 0.717) is 12.5 Å². The van der Waals surface area contributed by atoms with Crippen molar-refractivity contribution in [3.8, 4) is 5.75 Å². The van der Waals surface area contributed by atoms with Gasteiger partial charge in [0.15, 0.2) is 0 Å². The number of benzene rings is 1. The molecule has 1 amide bonds. The molecule has 20 heavy (non-hydrogen) atoms. The zero-order chi connectivity index (χ0) is 13.9. The van der Waals surface area contributed by atoms with Crippen LogP contribution in [0.5, 0.6) is 5.75 Å². The van der Waals surface area contributed by atoms with Gasteiger partial charge < -0.3 is 10.1 Å². The van der Waals surface area contributed by atoms with Crippen LogP contribution in [0.1, 0.15) is 41.6 Å². The van der Waals surface area contributed by atoms with E-state index in [-0.39, 0.29) is 11.3 Å². The van der Waals surface area contributed by atoms with E-state index < -0.39 is 0 Å². The van der Waals surface area contributed by atoms with Gasteiger partial charge in [0.1, 0.15) is 5.75 Å². The molecule has 108 valence electrons. The van der Waals surface area contributed by atoms with E-state index in [1.807, 2.05) is 18.2 Å². The predicted molar refractivity (Wildman–Crippen MR) is 79.6 cm³/mol. The van der Waals surface area contributed by atoms with E-state index in [1.165, 1.54) is 12.8 Å². The number of nitrogens with one attached hydrogen (secondary N) is 1. The van der Waals surface area contributed by atoms with Crippen molar-refractivity contribution in [1.82, 2.24) is 5.32 Å². The fourth-order valence-corrected chi connectivity index (χ4v) is 3.42. The van der Waals surface area contributed by atoms with Gasteiger partial charge in [-0.3, -0.25) is 4.79 Å². The molecule has 1 heterocycles. The summed E-state index contributed by atoms with van der Waals surface area (Å²) in [5.74, 6) is 1.32. The summed E-state index contributed by atoms with van der Waals surface area (Å²) >= 11 is 6.32. The molecule has 0 aromatic heterocycles. The van der Waals surface area contributed by atoms with Crippen LogP contribution in [0, 0.1) is 5.92 Å². The minimum atomic E-state index is -0.00543. The number of hydrogen-bond donors (Lipinski definition) is 1. The highest BCUT2D eigenvalue weighted by Gasteiger charge is 2.23. The van der Waals surface area contributed by atoms with Gasteiger partial charge in [-0.05, 0) is 42.5 Å². The second-order valence-corrected chi connectivity index (χ2v) is 6.25. The lowest BCUT2D eigenvalue weighted by Gasteiger charge is -2.27. The molecular formula is C16H20ClNO2. The molecule has 0 bridgehead atoms. The number of carbonyl (C=O) groups is 1. The molecule has 2 aliphatic rings. The van der Waals surface area contributed by atoms with E-state index in [1.54, 1.807) is 0 Å². The summed E-state index contributed by atoms with van der Waals surface area (Å²) < 4.78 is 5.45. The van der Waals surface area contributed by atoms with Crippen molar-refractivity contribution in [1.29, 1.82) is 0 Å². The third-order valence-corrected chi connectivity index (χ3v) is 4.87. The molecule has 0 radical (unpaired) electrons. The molecule has 2 unspecified atom stereocenters. The second-order valence-electron chi connectivity index (χ2n) is 5.69. The summed E-state index contributed by atoms with van der Waals surface area (Å²) in [6.07, 6.45) is 5.51. The van der Waals surface area contributed by atoms with E-state index in [9.17, 15) is 4.79 Å². The topological polar surface area (TPSA) is 38.3 Å². The maximum atomic E-state index is 12.2. The Kier molecular flexibility index (Phi) is 4.16. The maximum Gasteiger partial charge on any atom is 0.251 e. The molecule has 1 saturated carbocycles. The summed E-state index contributed by atoms with van der Waals surface area (Å²) in [5, 5.41) is 3.23. The Morgan fingerprint density at radius 1 is 1.35 bits per heavy atom. The Balaban J connectivity index is 1.59. The first-order valence-electron chi connectivity index (χ1n) is 7.42. The average molecular weight is 294 g/mol. The normalized spacial score (nSPS) is 24.9. The summed E-state index contributed by atoms with van der Waals surface area (Å²) in [7, 11) is 0. The van der Waals surface area contributed by atoms with Crippen LogP contribution >= 0.6 is 11.6 Å². The number of hydrogen-bond acceptors (Lipinski definition) is 2. The third kappa shape index (κ3) is 2.93. The van der Waals surface area contributed by atoms with Gasteiger partial charge in [-0.1, -0.05) is 12.8 Å². The molecule has 4 heteroatoms. The molecule has 1 aliphatic carbocycles. The third-order valence-electron chi connectivity index (χ3n) is 4.29. The second kappa shape index (κ2) is 6.04. The first-order chi connectivity index (χ1) is 9.74. The van der Waals surface area contributed by atoms with Crippen LogP contribution in [0.25, 0.3) is 0 Å². The molecule has 1 aromatic rings. The molecule has 1 fully saturated rings. The Morgan fingerprint density at radius 2 is 2.20 bits per heavy atom. The smallest absolute Gasteiger partial charge is 0.251 e. The van der Waals surface area contributed by atoms with Gasteiger partial charge in [-0.2, -0.15) is 0 Å². The minimum Gasteiger partial charge on any atom is -0.493 e. The molecule has 0 saturated heterocycles.